The SMILES string of the molecule is CCSc1ccc(C(O)c2cccc(CC(C)C)c2)cc1. The zero-order valence-electron chi connectivity index (χ0n) is 13.0. The van der Waals surface area contributed by atoms with E-state index in [9.17, 15) is 5.11 Å². The van der Waals surface area contributed by atoms with Gasteiger partial charge in [0.2, 0.25) is 0 Å². The molecule has 0 aromatic heterocycles. The fourth-order valence-electron chi connectivity index (χ4n) is 2.47. The lowest BCUT2D eigenvalue weighted by Gasteiger charge is -2.14. The lowest BCUT2D eigenvalue weighted by Crippen LogP contribution is -2.01. The van der Waals surface area contributed by atoms with Gasteiger partial charge >= 0.3 is 0 Å². The van der Waals surface area contributed by atoms with E-state index in [1.165, 1.54) is 10.5 Å². The third-order valence-corrected chi connectivity index (χ3v) is 4.31. The van der Waals surface area contributed by atoms with Crippen LogP contribution in [0.2, 0.25) is 0 Å². The van der Waals surface area contributed by atoms with Crippen molar-refractivity contribution in [2.45, 2.75) is 38.2 Å². The molecular formula is C19H24OS. The first kappa shape index (κ1) is 16.1. The fourth-order valence-corrected chi connectivity index (χ4v) is 3.13. The van der Waals surface area contributed by atoms with E-state index in [-0.39, 0.29) is 0 Å². The fraction of sp³-hybridized carbons (Fsp3) is 0.368. The second-order valence-electron chi connectivity index (χ2n) is 5.75. The van der Waals surface area contributed by atoms with Crippen molar-refractivity contribution < 1.29 is 5.11 Å². The molecule has 2 heteroatoms. The topological polar surface area (TPSA) is 20.2 Å². The van der Waals surface area contributed by atoms with Crippen LogP contribution in [0, 0.1) is 5.92 Å². The standard InChI is InChI=1S/C19H24OS/c1-4-21-18-10-8-16(9-11-18)19(20)17-7-5-6-15(13-17)12-14(2)3/h5-11,13-14,19-20H,4,12H2,1-3H3. The molecule has 1 unspecified atom stereocenters. The Morgan fingerprint density at radius 1 is 1.00 bits per heavy atom. The molecule has 0 saturated heterocycles. The summed E-state index contributed by atoms with van der Waals surface area (Å²) in [6.45, 7) is 6.58. The molecule has 0 bridgehead atoms. The summed E-state index contributed by atoms with van der Waals surface area (Å²) in [5.74, 6) is 1.70. The molecule has 0 aliphatic rings. The smallest absolute Gasteiger partial charge is 0.104 e. The number of aliphatic hydroxyl groups excluding tert-OH is 1. The maximum atomic E-state index is 10.6. The average molecular weight is 300 g/mol. The van der Waals surface area contributed by atoms with Crippen molar-refractivity contribution in [1.29, 1.82) is 0 Å². The summed E-state index contributed by atoms with van der Waals surface area (Å²) >= 11 is 1.82. The molecule has 0 aliphatic heterocycles. The van der Waals surface area contributed by atoms with E-state index in [4.69, 9.17) is 0 Å². The molecule has 2 aromatic rings. The predicted molar refractivity (Wildman–Crippen MR) is 91.9 cm³/mol. The molecule has 0 amide bonds. The van der Waals surface area contributed by atoms with Crippen LogP contribution >= 0.6 is 11.8 Å². The molecule has 2 aromatic carbocycles. The molecule has 21 heavy (non-hydrogen) atoms. The lowest BCUT2D eigenvalue weighted by atomic mass is 9.96. The van der Waals surface area contributed by atoms with Gasteiger partial charge in [-0.2, -0.15) is 0 Å². The van der Waals surface area contributed by atoms with Gasteiger partial charge in [-0.3, -0.25) is 0 Å². The molecule has 1 atom stereocenters. The summed E-state index contributed by atoms with van der Waals surface area (Å²) in [5.41, 5.74) is 3.22. The van der Waals surface area contributed by atoms with Crippen molar-refractivity contribution in [3.05, 3.63) is 65.2 Å². The Balaban J connectivity index is 2.16. The van der Waals surface area contributed by atoms with Crippen LogP contribution < -0.4 is 0 Å². The van der Waals surface area contributed by atoms with E-state index < -0.39 is 6.10 Å². The Hall–Kier alpha value is -1.25. The highest BCUT2D eigenvalue weighted by Crippen LogP contribution is 2.26. The molecule has 0 radical (unpaired) electrons. The first-order valence-electron chi connectivity index (χ1n) is 7.59. The van der Waals surface area contributed by atoms with E-state index in [1.807, 2.05) is 36.0 Å². The second-order valence-corrected chi connectivity index (χ2v) is 7.09. The zero-order valence-corrected chi connectivity index (χ0v) is 13.9. The van der Waals surface area contributed by atoms with Gasteiger partial charge in [-0.1, -0.05) is 57.2 Å². The average Bonchev–Trinajstić information content (AvgIpc) is 2.47. The Kier molecular flexibility index (Phi) is 5.89. The van der Waals surface area contributed by atoms with E-state index in [0.29, 0.717) is 5.92 Å². The minimum absolute atomic E-state index is 0.544. The maximum absolute atomic E-state index is 10.6. The highest BCUT2D eigenvalue weighted by Gasteiger charge is 2.11. The molecule has 0 fully saturated rings. The first-order chi connectivity index (χ1) is 10.1. The lowest BCUT2D eigenvalue weighted by molar-refractivity contribution is 0.220. The van der Waals surface area contributed by atoms with Crippen molar-refractivity contribution in [1.82, 2.24) is 0 Å². The molecule has 1 N–H and O–H groups in total. The van der Waals surface area contributed by atoms with Gasteiger partial charge in [0.1, 0.15) is 6.10 Å². The highest BCUT2D eigenvalue weighted by molar-refractivity contribution is 7.99. The van der Waals surface area contributed by atoms with Gasteiger partial charge in [-0.25, -0.2) is 0 Å². The van der Waals surface area contributed by atoms with Crippen molar-refractivity contribution >= 4 is 11.8 Å². The number of aliphatic hydroxyl groups is 1. The number of hydrogen-bond donors (Lipinski definition) is 1. The van der Waals surface area contributed by atoms with E-state index in [0.717, 1.165) is 23.3 Å². The molecule has 2 rings (SSSR count). The van der Waals surface area contributed by atoms with Crippen molar-refractivity contribution in [2.75, 3.05) is 5.75 Å². The normalized spacial score (nSPS) is 12.6. The molecular weight excluding hydrogens is 276 g/mol. The summed E-state index contributed by atoms with van der Waals surface area (Å²) in [4.78, 5) is 1.25. The summed E-state index contributed by atoms with van der Waals surface area (Å²) in [7, 11) is 0. The zero-order chi connectivity index (χ0) is 15.2. The first-order valence-corrected chi connectivity index (χ1v) is 8.58. The maximum Gasteiger partial charge on any atom is 0.104 e. The molecule has 0 spiro atoms. The van der Waals surface area contributed by atoms with Crippen LogP contribution in [0.25, 0.3) is 0 Å². The van der Waals surface area contributed by atoms with E-state index in [1.54, 1.807) is 0 Å². The third-order valence-electron chi connectivity index (χ3n) is 3.42. The van der Waals surface area contributed by atoms with Gasteiger partial charge in [0.25, 0.3) is 0 Å². The highest BCUT2D eigenvalue weighted by atomic mass is 32.2. The van der Waals surface area contributed by atoms with Crippen LogP contribution in [0.3, 0.4) is 0 Å². The van der Waals surface area contributed by atoms with Crippen LogP contribution in [-0.4, -0.2) is 10.9 Å². The van der Waals surface area contributed by atoms with E-state index >= 15 is 0 Å². The molecule has 112 valence electrons. The summed E-state index contributed by atoms with van der Waals surface area (Å²) in [6, 6.07) is 16.5. The van der Waals surface area contributed by atoms with Gasteiger partial charge in [0, 0.05) is 4.90 Å². The minimum Gasteiger partial charge on any atom is -0.384 e. The quantitative estimate of drug-likeness (QED) is 0.751. The van der Waals surface area contributed by atoms with Crippen LogP contribution in [0.5, 0.6) is 0 Å². The van der Waals surface area contributed by atoms with Gasteiger partial charge in [0.15, 0.2) is 0 Å². The van der Waals surface area contributed by atoms with Crippen molar-refractivity contribution in [3.8, 4) is 0 Å². The van der Waals surface area contributed by atoms with Crippen LogP contribution in [0.4, 0.5) is 0 Å². The number of benzene rings is 2. The monoisotopic (exact) mass is 300 g/mol. The molecule has 0 saturated carbocycles. The minimum atomic E-state index is -0.544. The van der Waals surface area contributed by atoms with Crippen molar-refractivity contribution in [2.24, 2.45) is 5.92 Å². The van der Waals surface area contributed by atoms with Crippen LogP contribution in [0.15, 0.2) is 53.4 Å². The predicted octanol–water partition coefficient (Wildman–Crippen LogP) is 5.08. The van der Waals surface area contributed by atoms with Gasteiger partial charge in [-0.15, -0.1) is 11.8 Å². The molecule has 0 heterocycles. The van der Waals surface area contributed by atoms with Crippen LogP contribution in [0.1, 0.15) is 43.6 Å². The number of thioether (sulfide) groups is 1. The van der Waals surface area contributed by atoms with Gasteiger partial charge in [0.05, 0.1) is 0 Å². The Labute approximate surface area is 132 Å². The summed E-state index contributed by atoms with van der Waals surface area (Å²) < 4.78 is 0. The second kappa shape index (κ2) is 7.67. The van der Waals surface area contributed by atoms with Crippen LogP contribution in [-0.2, 0) is 6.42 Å². The Morgan fingerprint density at radius 3 is 2.33 bits per heavy atom. The Bertz CT molecular complexity index is 560. The largest absolute Gasteiger partial charge is 0.384 e. The molecule has 0 aliphatic carbocycles. The third kappa shape index (κ3) is 4.62. The van der Waals surface area contributed by atoms with Crippen molar-refractivity contribution in [3.63, 3.8) is 0 Å². The summed E-state index contributed by atoms with van der Waals surface area (Å²) in [6.07, 6.45) is 0.505. The number of rotatable bonds is 6. The number of hydrogen-bond acceptors (Lipinski definition) is 2. The summed E-state index contributed by atoms with van der Waals surface area (Å²) in [5, 5.41) is 10.6. The molecule has 1 nitrogen and oxygen atoms in total. The van der Waals surface area contributed by atoms with E-state index in [2.05, 4.69) is 45.0 Å². The Morgan fingerprint density at radius 2 is 1.71 bits per heavy atom. The van der Waals surface area contributed by atoms with Gasteiger partial charge in [-0.05, 0) is 46.9 Å². The van der Waals surface area contributed by atoms with Gasteiger partial charge < -0.3 is 5.11 Å².